The Morgan fingerprint density at radius 2 is 1.88 bits per heavy atom. The highest BCUT2D eigenvalue weighted by molar-refractivity contribution is 4.94. The van der Waals surface area contributed by atoms with Gasteiger partial charge in [0, 0.05) is 6.42 Å². The molecule has 5 atom stereocenters. The van der Waals surface area contributed by atoms with E-state index in [2.05, 4.69) is 0 Å². The lowest BCUT2D eigenvalue weighted by atomic mass is 9.87. The Hall–Kier alpha value is -0.240. The van der Waals surface area contributed by atoms with Crippen LogP contribution >= 0.6 is 0 Å². The molecule has 0 radical (unpaired) electrons. The zero-order valence-corrected chi connectivity index (χ0v) is 9.45. The minimum absolute atomic E-state index is 0.243. The van der Waals surface area contributed by atoms with Gasteiger partial charge in [-0.3, -0.25) is 0 Å². The van der Waals surface area contributed by atoms with Gasteiger partial charge in [-0.25, -0.2) is 0 Å². The molecule has 0 spiro atoms. The van der Waals surface area contributed by atoms with Crippen LogP contribution in [0.2, 0.25) is 0 Å². The SMILES string of the molecule is CC1(C)CC(O)C(O)C([C@H](O)[C@H](O)CO)O1. The summed E-state index contributed by atoms with van der Waals surface area (Å²) in [5, 5.41) is 46.9. The lowest BCUT2D eigenvalue weighted by Gasteiger charge is -2.44. The first-order valence-electron chi connectivity index (χ1n) is 5.29. The molecule has 1 saturated heterocycles. The maximum atomic E-state index is 9.66. The second-order valence-electron chi connectivity index (χ2n) is 4.84. The van der Waals surface area contributed by atoms with Gasteiger partial charge in [-0.15, -0.1) is 0 Å². The Labute approximate surface area is 94.1 Å². The Morgan fingerprint density at radius 3 is 2.38 bits per heavy atom. The van der Waals surface area contributed by atoms with Crippen molar-refractivity contribution in [2.24, 2.45) is 0 Å². The summed E-state index contributed by atoms with van der Waals surface area (Å²) in [5.74, 6) is 0. The number of aliphatic hydroxyl groups is 5. The summed E-state index contributed by atoms with van der Waals surface area (Å²) in [6.07, 6.45) is -6.00. The van der Waals surface area contributed by atoms with Crippen LogP contribution in [0, 0.1) is 0 Å². The van der Waals surface area contributed by atoms with Crippen LogP contribution < -0.4 is 0 Å². The fourth-order valence-corrected chi connectivity index (χ4v) is 1.93. The molecule has 0 aromatic rings. The molecule has 6 heteroatoms. The highest BCUT2D eigenvalue weighted by Gasteiger charge is 2.45. The molecule has 1 fully saturated rings. The minimum atomic E-state index is -1.44. The highest BCUT2D eigenvalue weighted by atomic mass is 16.5. The molecule has 1 aliphatic rings. The third-order valence-corrected chi connectivity index (χ3v) is 2.80. The highest BCUT2D eigenvalue weighted by Crippen LogP contribution is 2.30. The molecule has 0 bridgehead atoms. The lowest BCUT2D eigenvalue weighted by molar-refractivity contribution is -0.241. The van der Waals surface area contributed by atoms with E-state index in [9.17, 15) is 20.4 Å². The number of aliphatic hydroxyl groups excluding tert-OH is 5. The van der Waals surface area contributed by atoms with Crippen molar-refractivity contribution in [1.82, 2.24) is 0 Å². The van der Waals surface area contributed by atoms with E-state index in [0.29, 0.717) is 0 Å². The van der Waals surface area contributed by atoms with Crippen molar-refractivity contribution in [2.75, 3.05) is 6.61 Å². The molecule has 16 heavy (non-hydrogen) atoms. The van der Waals surface area contributed by atoms with Crippen LogP contribution in [0.3, 0.4) is 0 Å². The zero-order valence-electron chi connectivity index (χ0n) is 9.45. The summed E-state index contributed by atoms with van der Waals surface area (Å²) < 4.78 is 5.41. The van der Waals surface area contributed by atoms with Gasteiger partial charge in [-0.05, 0) is 13.8 Å². The van der Waals surface area contributed by atoms with E-state index in [4.69, 9.17) is 9.84 Å². The van der Waals surface area contributed by atoms with E-state index in [1.54, 1.807) is 13.8 Å². The predicted octanol–water partition coefficient (Wildman–Crippen LogP) is -2.01. The van der Waals surface area contributed by atoms with Crippen LogP contribution in [0.25, 0.3) is 0 Å². The van der Waals surface area contributed by atoms with Crippen LogP contribution in [-0.2, 0) is 4.74 Å². The lowest BCUT2D eigenvalue weighted by Crippen LogP contribution is -2.59. The molecule has 0 aromatic heterocycles. The van der Waals surface area contributed by atoms with Crippen molar-refractivity contribution in [2.45, 2.75) is 56.4 Å². The van der Waals surface area contributed by atoms with Crippen molar-refractivity contribution < 1.29 is 30.3 Å². The largest absolute Gasteiger partial charge is 0.394 e. The van der Waals surface area contributed by atoms with Crippen molar-refractivity contribution in [3.05, 3.63) is 0 Å². The fourth-order valence-electron chi connectivity index (χ4n) is 1.93. The van der Waals surface area contributed by atoms with E-state index in [1.807, 2.05) is 0 Å². The zero-order chi connectivity index (χ0) is 12.5. The van der Waals surface area contributed by atoms with Gasteiger partial charge in [-0.2, -0.15) is 0 Å². The molecule has 3 unspecified atom stereocenters. The van der Waals surface area contributed by atoms with Gasteiger partial charge < -0.3 is 30.3 Å². The predicted molar refractivity (Wildman–Crippen MR) is 54.7 cm³/mol. The summed E-state index contributed by atoms with van der Waals surface area (Å²) in [6.45, 7) is 2.80. The van der Waals surface area contributed by atoms with Crippen molar-refractivity contribution in [1.29, 1.82) is 0 Å². The van der Waals surface area contributed by atoms with E-state index in [0.717, 1.165) is 0 Å². The molecule has 0 aliphatic carbocycles. The smallest absolute Gasteiger partial charge is 0.115 e. The van der Waals surface area contributed by atoms with Gasteiger partial charge in [0.05, 0.1) is 18.3 Å². The molecule has 0 aromatic carbocycles. The molecule has 96 valence electrons. The molecule has 1 rings (SSSR count). The van der Waals surface area contributed by atoms with Gasteiger partial charge in [0.15, 0.2) is 0 Å². The van der Waals surface area contributed by atoms with Gasteiger partial charge in [-0.1, -0.05) is 0 Å². The summed E-state index contributed by atoms with van der Waals surface area (Å²) >= 11 is 0. The van der Waals surface area contributed by atoms with E-state index < -0.39 is 42.7 Å². The van der Waals surface area contributed by atoms with Gasteiger partial charge in [0.1, 0.15) is 24.4 Å². The van der Waals surface area contributed by atoms with Crippen LogP contribution in [0.5, 0.6) is 0 Å². The van der Waals surface area contributed by atoms with E-state index in [1.165, 1.54) is 0 Å². The standard InChI is InChI=1S/C10H20O6/c1-10(2)3-5(12)7(14)9(16-10)8(15)6(13)4-11/h5-9,11-15H,3-4H2,1-2H3/t5?,6-,7?,8-,9?/m1/s1. The number of rotatable bonds is 3. The monoisotopic (exact) mass is 236 g/mol. The van der Waals surface area contributed by atoms with Crippen molar-refractivity contribution in [3.8, 4) is 0 Å². The average Bonchev–Trinajstić information content (AvgIpc) is 2.20. The average molecular weight is 236 g/mol. The Balaban J connectivity index is 2.77. The van der Waals surface area contributed by atoms with Crippen LogP contribution in [-0.4, -0.2) is 68.3 Å². The molecule has 1 aliphatic heterocycles. The number of ether oxygens (including phenoxy) is 1. The topological polar surface area (TPSA) is 110 Å². The Kier molecular flexibility index (Phi) is 4.28. The van der Waals surface area contributed by atoms with E-state index in [-0.39, 0.29) is 6.42 Å². The maximum absolute atomic E-state index is 9.66. The molecule has 0 saturated carbocycles. The normalized spacial score (nSPS) is 38.1. The molecular formula is C10H20O6. The van der Waals surface area contributed by atoms with Crippen molar-refractivity contribution in [3.63, 3.8) is 0 Å². The summed E-state index contributed by atoms with van der Waals surface area (Å²) in [7, 11) is 0. The van der Waals surface area contributed by atoms with Crippen LogP contribution in [0.15, 0.2) is 0 Å². The first kappa shape index (κ1) is 13.8. The second kappa shape index (κ2) is 4.95. The summed E-state index contributed by atoms with van der Waals surface area (Å²) in [4.78, 5) is 0. The molecule has 6 nitrogen and oxygen atoms in total. The van der Waals surface area contributed by atoms with Crippen molar-refractivity contribution >= 4 is 0 Å². The molecule has 5 N–H and O–H groups in total. The minimum Gasteiger partial charge on any atom is -0.394 e. The number of hydrogen-bond donors (Lipinski definition) is 5. The second-order valence-corrected chi connectivity index (χ2v) is 4.84. The van der Waals surface area contributed by atoms with Crippen LogP contribution in [0.4, 0.5) is 0 Å². The Morgan fingerprint density at radius 1 is 1.31 bits per heavy atom. The quantitative estimate of drug-likeness (QED) is 0.387. The van der Waals surface area contributed by atoms with Crippen LogP contribution in [0.1, 0.15) is 20.3 Å². The Bertz CT molecular complexity index is 231. The molecule has 0 amide bonds. The fraction of sp³-hybridized carbons (Fsp3) is 1.00. The summed E-state index contributed by atoms with van der Waals surface area (Å²) in [5.41, 5.74) is -0.695. The third kappa shape index (κ3) is 2.91. The maximum Gasteiger partial charge on any atom is 0.115 e. The molecule has 1 heterocycles. The van der Waals surface area contributed by atoms with Gasteiger partial charge in [0.25, 0.3) is 0 Å². The van der Waals surface area contributed by atoms with Gasteiger partial charge >= 0.3 is 0 Å². The first-order valence-corrected chi connectivity index (χ1v) is 5.29. The number of hydrogen-bond acceptors (Lipinski definition) is 6. The van der Waals surface area contributed by atoms with E-state index >= 15 is 0 Å². The van der Waals surface area contributed by atoms with Gasteiger partial charge in [0.2, 0.25) is 0 Å². The molecular weight excluding hydrogens is 216 g/mol. The first-order chi connectivity index (χ1) is 7.28. The summed E-state index contributed by atoms with van der Waals surface area (Å²) in [6, 6.07) is 0. The third-order valence-electron chi connectivity index (χ3n) is 2.80.